The molecule has 2 N–H and O–H groups in total. The molecule has 0 heterocycles. The van der Waals surface area contributed by atoms with Gasteiger partial charge in [-0.3, -0.25) is 9.59 Å². The lowest BCUT2D eigenvalue weighted by Gasteiger charge is -2.27. The molecule has 1 aliphatic rings. The van der Waals surface area contributed by atoms with Crippen LogP contribution in [-0.2, 0) is 19.4 Å². The summed E-state index contributed by atoms with van der Waals surface area (Å²) in [4.78, 5) is 24.8. The Bertz CT molecular complexity index is 982. The molecule has 30 heavy (non-hydrogen) atoms. The van der Waals surface area contributed by atoms with E-state index in [9.17, 15) is 18.0 Å². The number of hydrogen-bond donors (Lipinski definition) is 2. The Labute approximate surface area is 176 Å². The molecular weight excluding hydrogens is 404 g/mol. The van der Waals surface area contributed by atoms with Gasteiger partial charge in [-0.2, -0.15) is 0 Å². The number of hydrogen-bond acceptors (Lipinski definition) is 5. The van der Waals surface area contributed by atoms with Gasteiger partial charge in [0.2, 0.25) is 5.91 Å². The summed E-state index contributed by atoms with van der Waals surface area (Å²) in [5.74, 6) is -0.254. The van der Waals surface area contributed by atoms with Crippen LogP contribution in [0.2, 0.25) is 0 Å². The number of likely N-dealkylation sites (N-methyl/N-ethyl adjacent to an activating group) is 1. The van der Waals surface area contributed by atoms with Crippen molar-refractivity contribution in [2.24, 2.45) is 0 Å². The van der Waals surface area contributed by atoms with Gasteiger partial charge in [-0.15, -0.1) is 0 Å². The van der Waals surface area contributed by atoms with Crippen LogP contribution in [0.15, 0.2) is 59.5 Å². The predicted octanol–water partition coefficient (Wildman–Crippen LogP) is 2.93. The van der Waals surface area contributed by atoms with Crippen LogP contribution >= 0.6 is 0 Å². The van der Waals surface area contributed by atoms with E-state index in [1.165, 1.54) is 12.1 Å². The zero-order chi connectivity index (χ0) is 21.6. The SMILES string of the molecule is CCNC(=O)COc1ccc(NC(=O)C2(S(=O)(=O)c3ccccc3)CCCC2)cc1. The zero-order valence-electron chi connectivity index (χ0n) is 16.9. The molecule has 0 unspecified atom stereocenters. The van der Waals surface area contributed by atoms with Crippen LogP contribution in [0.25, 0.3) is 0 Å². The average Bonchev–Trinajstić information content (AvgIpc) is 3.26. The highest BCUT2D eigenvalue weighted by Crippen LogP contribution is 2.41. The first kappa shape index (κ1) is 21.8. The van der Waals surface area contributed by atoms with Gasteiger partial charge in [0.05, 0.1) is 4.90 Å². The summed E-state index contributed by atoms with van der Waals surface area (Å²) >= 11 is 0. The van der Waals surface area contributed by atoms with Crippen molar-refractivity contribution in [3.8, 4) is 5.75 Å². The first-order valence-corrected chi connectivity index (χ1v) is 11.5. The van der Waals surface area contributed by atoms with E-state index in [2.05, 4.69) is 10.6 Å². The third-order valence-corrected chi connectivity index (χ3v) is 7.76. The van der Waals surface area contributed by atoms with Gasteiger partial charge >= 0.3 is 0 Å². The van der Waals surface area contributed by atoms with Gasteiger partial charge in [0.25, 0.3) is 5.91 Å². The highest BCUT2D eigenvalue weighted by molar-refractivity contribution is 7.93. The third kappa shape index (κ3) is 4.48. The normalized spacial score (nSPS) is 15.4. The van der Waals surface area contributed by atoms with Crippen molar-refractivity contribution < 1.29 is 22.7 Å². The quantitative estimate of drug-likeness (QED) is 0.671. The molecule has 8 heteroatoms. The van der Waals surface area contributed by atoms with Crippen molar-refractivity contribution >= 4 is 27.3 Å². The number of carbonyl (C=O) groups is 2. The van der Waals surface area contributed by atoms with E-state index >= 15 is 0 Å². The van der Waals surface area contributed by atoms with Crippen LogP contribution in [0.1, 0.15) is 32.6 Å². The Morgan fingerprint density at radius 2 is 1.63 bits per heavy atom. The van der Waals surface area contributed by atoms with E-state index in [1.807, 2.05) is 6.92 Å². The maximum absolute atomic E-state index is 13.3. The molecule has 0 atom stereocenters. The van der Waals surface area contributed by atoms with Gasteiger partial charge < -0.3 is 15.4 Å². The summed E-state index contributed by atoms with van der Waals surface area (Å²) in [5, 5.41) is 5.40. The Morgan fingerprint density at radius 3 is 2.23 bits per heavy atom. The molecule has 0 aromatic heterocycles. The Balaban J connectivity index is 1.74. The van der Waals surface area contributed by atoms with Crippen LogP contribution in [0.3, 0.4) is 0 Å². The molecule has 0 saturated heterocycles. The van der Waals surface area contributed by atoms with Gasteiger partial charge in [0.1, 0.15) is 5.75 Å². The lowest BCUT2D eigenvalue weighted by Crippen LogP contribution is -2.47. The Hall–Kier alpha value is -2.87. The van der Waals surface area contributed by atoms with Crippen molar-refractivity contribution in [1.29, 1.82) is 0 Å². The largest absolute Gasteiger partial charge is 0.484 e. The predicted molar refractivity (Wildman–Crippen MR) is 114 cm³/mol. The second-order valence-electron chi connectivity index (χ2n) is 7.24. The number of sulfone groups is 1. The molecule has 0 bridgehead atoms. The second-order valence-corrected chi connectivity index (χ2v) is 9.50. The first-order valence-electron chi connectivity index (χ1n) is 10.00. The molecule has 2 aromatic carbocycles. The topological polar surface area (TPSA) is 102 Å². The lowest BCUT2D eigenvalue weighted by molar-refractivity contribution is -0.123. The molecule has 0 spiro atoms. The number of ether oxygens (including phenoxy) is 1. The molecule has 0 aliphatic heterocycles. The summed E-state index contributed by atoms with van der Waals surface area (Å²) in [6.07, 6.45) is 1.96. The van der Waals surface area contributed by atoms with Crippen LogP contribution in [0.4, 0.5) is 5.69 Å². The maximum Gasteiger partial charge on any atom is 0.257 e. The minimum absolute atomic E-state index is 0.0992. The fourth-order valence-corrected chi connectivity index (χ4v) is 5.75. The molecule has 160 valence electrons. The van der Waals surface area contributed by atoms with Crippen molar-refractivity contribution in [2.45, 2.75) is 42.2 Å². The van der Waals surface area contributed by atoms with Gasteiger partial charge in [0.15, 0.2) is 21.2 Å². The van der Waals surface area contributed by atoms with E-state index in [0.29, 0.717) is 43.7 Å². The van der Waals surface area contributed by atoms with Crippen molar-refractivity contribution in [2.75, 3.05) is 18.5 Å². The molecule has 2 amide bonds. The summed E-state index contributed by atoms with van der Waals surface area (Å²) in [7, 11) is -3.83. The maximum atomic E-state index is 13.3. The Kier molecular flexibility index (Phi) is 6.77. The molecule has 2 aromatic rings. The van der Waals surface area contributed by atoms with E-state index in [1.54, 1.807) is 42.5 Å². The summed E-state index contributed by atoms with van der Waals surface area (Å²) in [6.45, 7) is 2.25. The minimum atomic E-state index is -3.83. The van der Waals surface area contributed by atoms with E-state index in [0.717, 1.165) is 0 Å². The molecule has 7 nitrogen and oxygen atoms in total. The third-order valence-electron chi connectivity index (χ3n) is 5.25. The van der Waals surface area contributed by atoms with Crippen LogP contribution < -0.4 is 15.4 Å². The number of amides is 2. The fourth-order valence-electron chi connectivity index (χ4n) is 3.67. The molecule has 1 aliphatic carbocycles. The van der Waals surface area contributed by atoms with Crippen molar-refractivity contribution in [3.63, 3.8) is 0 Å². The standard InChI is InChI=1S/C22H26N2O5S/c1-2-23-20(25)16-29-18-12-10-17(11-13-18)24-21(26)22(14-6-7-15-22)30(27,28)19-8-4-3-5-9-19/h3-5,8-13H,2,6-7,14-16H2,1H3,(H,23,25)(H,24,26). The minimum Gasteiger partial charge on any atom is -0.484 e. The van der Waals surface area contributed by atoms with E-state index < -0.39 is 20.5 Å². The lowest BCUT2D eigenvalue weighted by atomic mass is 10.1. The average molecular weight is 431 g/mol. The van der Waals surface area contributed by atoms with Gasteiger partial charge in [-0.05, 0) is 56.2 Å². The number of carbonyl (C=O) groups excluding carboxylic acids is 2. The Morgan fingerprint density at radius 1 is 1.00 bits per heavy atom. The van der Waals surface area contributed by atoms with Crippen LogP contribution in [0, 0.1) is 0 Å². The smallest absolute Gasteiger partial charge is 0.257 e. The van der Waals surface area contributed by atoms with Crippen LogP contribution in [-0.4, -0.2) is 38.1 Å². The highest BCUT2D eigenvalue weighted by Gasteiger charge is 2.52. The molecular formula is C22H26N2O5S. The number of nitrogens with one attached hydrogen (secondary N) is 2. The summed E-state index contributed by atoms with van der Waals surface area (Å²) in [6, 6.07) is 14.6. The van der Waals surface area contributed by atoms with Crippen LogP contribution in [0.5, 0.6) is 5.75 Å². The summed E-state index contributed by atoms with van der Waals surface area (Å²) < 4.78 is 30.6. The molecule has 1 saturated carbocycles. The van der Waals surface area contributed by atoms with Crippen molar-refractivity contribution in [1.82, 2.24) is 5.32 Å². The summed E-state index contributed by atoms with van der Waals surface area (Å²) in [5.41, 5.74) is 0.472. The van der Waals surface area contributed by atoms with Gasteiger partial charge in [-0.25, -0.2) is 8.42 Å². The number of rotatable bonds is 8. The zero-order valence-corrected chi connectivity index (χ0v) is 17.7. The highest BCUT2D eigenvalue weighted by atomic mass is 32.2. The second kappa shape index (κ2) is 9.30. The molecule has 1 fully saturated rings. The molecule has 0 radical (unpaired) electrons. The first-order chi connectivity index (χ1) is 14.4. The van der Waals surface area contributed by atoms with E-state index in [-0.39, 0.29) is 17.4 Å². The van der Waals surface area contributed by atoms with Gasteiger partial charge in [0, 0.05) is 12.2 Å². The van der Waals surface area contributed by atoms with Crippen molar-refractivity contribution in [3.05, 3.63) is 54.6 Å². The fraction of sp³-hybridized carbons (Fsp3) is 0.364. The number of anilines is 1. The monoisotopic (exact) mass is 430 g/mol. The molecule has 3 rings (SSSR count). The van der Waals surface area contributed by atoms with Gasteiger partial charge in [-0.1, -0.05) is 31.0 Å². The number of benzene rings is 2. The van der Waals surface area contributed by atoms with E-state index in [4.69, 9.17) is 4.74 Å².